The van der Waals surface area contributed by atoms with Gasteiger partial charge in [-0.3, -0.25) is 15.3 Å². The molecular weight excluding hydrogens is 290 g/mol. The molecule has 6 nitrogen and oxygen atoms in total. The van der Waals surface area contributed by atoms with Gasteiger partial charge in [0.1, 0.15) is 5.82 Å². The second kappa shape index (κ2) is 7.21. The van der Waals surface area contributed by atoms with Crippen molar-refractivity contribution in [2.75, 3.05) is 51.4 Å². The van der Waals surface area contributed by atoms with Crippen molar-refractivity contribution in [2.45, 2.75) is 13.2 Å². The van der Waals surface area contributed by atoms with Crippen LogP contribution in [0.2, 0.25) is 0 Å². The van der Waals surface area contributed by atoms with Crippen LogP contribution in [0.15, 0.2) is 41.7 Å². The Labute approximate surface area is 138 Å². The van der Waals surface area contributed by atoms with E-state index in [0.717, 1.165) is 44.0 Å². The Morgan fingerprint density at radius 2 is 1.87 bits per heavy atom. The van der Waals surface area contributed by atoms with Gasteiger partial charge in [-0.15, -0.1) is 0 Å². The molecule has 1 atom stereocenters. The molecule has 3 N–H and O–H groups in total. The number of rotatable bonds is 5. The largest absolute Gasteiger partial charge is 0.384 e. The Morgan fingerprint density at radius 1 is 1.17 bits per heavy atom. The van der Waals surface area contributed by atoms with Crippen LogP contribution >= 0.6 is 0 Å². The molecule has 3 rings (SSSR count). The molecule has 1 fully saturated rings. The number of nitrogens with zero attached hydrogens (tertiary/aromatic N) is 3. The van der Waals surface area contributed by atoms with E-state index in [4.69, 9.17) is 10.5 Å². The number of likely N-dealkylation sites (N-methyl/N-ethyl adjacent to an activating group) is 1. The van der Waals surface area contributed by atoms with E-state index >= 15 is 0 Å². The van der Waals surface area contributed by atoms with Crippen molar-refractivity contribution in [2.24, 2.45) is 5.73 Å². The molecule has 0 aliphatic carbocycles. The van der Waals surface area contributed by atoms with Crippen LogP contribution in [-0.4, -0.2) is 62.4 Å². The monoisotopic (exact) mass is 317 g/mol. The van der Waals surface area contributed by atoms with E-state index in [9.17, 15) is 0 Å². The van der Waals surface area contributed by atoms with E-state index in [2.05, 4.69) is 34.4 Å². The molecular formula is C17H27N5O. The Hall–Kier alpha value is -1.76. The van der Waals surface area contributed by atoms with Gasteiger partial charge >= 0.3 is 0 Å². The Morgan fingerprint density at radius 3 is 2.57 bits per heavy atom. The highest BCUT2D eigenvalue weighted by Gasteiger charge is 2.30. The van der Waals surface area contributed by atoms with Gasteiger partial charge in [-0.05, 0) is 26.1 Å². The summed E-state index contributed by atoms with van der Waals surface area (Å²) in [6.45, 7) is 8.17. The van der Waals surface area contributed by atoms with Gasteiger partial charge in [0.2, 0.25) is 0 Å². The zero-order valence-corrected chi connectivity index (χ0v) is 14.0. The van der Waals surface area contributed by atoms with Gasteiger partial charge in [0.25, 0.3) is 0 Å². The average Bonchev–Trinajstić information content (AvgIpc) is 2.86. The second-order valence-electron chi connectivity index (χ2n) is 6.28. The van der Waals surface area contributed by atoms with Crippen LogP contribution in [0.25, 0.3) is 0 Å². The van der Waals surface area contributed by atoms with E-state index in [0.29, 0.717) is 12.4 Å². The molecule has 1 aromatic carbocycles. The van der Waals surface area contributed by atoms with Crippen molar-refractivity contribution in [1.29, 1.82) is 0 Å². The van der Waals surface area contributed by atoms with Gasteiger partial charge in [-0.25, -0.2) is 0 Å². The fraction of sp³-hybridized carbons (Fsp3) is 0.529. The van der Waals surface area contributed by atoms with Crippen LogP contribution in [0.4, 0.5) is 5.69 Å². The molecule has 0 radical (unpaired) electrons. The smallest absolute Gasteiger partial charge is 0.174 e. The molecule has 0 spiro atoms. The zero-order valence-electron chi connectivity index (χ0n) is 14.0. The minimum atomic E-state index is -0.148. The molecule has 126 valence electrons. The van der Waals surface area contributed by atoms with Gasteiger partial charge in [0.05, 0.1) is 12.3 Å². The summed E-state index contributed by atoms with van der Waals surface area (Å²) in [4.78, 5) is 4.82. The number of anilines is 1. The molecule has 23 heavy (non-hydrogen) atoms. The van der Waals surface area contributed by atoms with Crippen molar-refractivity contribution in [1.82, 2.24) is 15.2 Å². The van der Waals surface area contributed by atoms with E-state index < -0.39 is 0 Å². The van der Waals surface area contributed by atoms with Crippen molar-refractivity contribution in [3.8, 4) is 0 Å². The third-order valence-corrected chi connectivity index (χ3v) is 4.58. The van der Waals surface area contributed by atoms with Crippen LogP contribution in [0.1, 0.15) is 6.92 Å². The fourth-order valence-corrected chi connectivity index (χ4v) is 2.96. The van der Waals surface area contributed by atoms with Crippen molar-refractivity contribution < 1.29 is 4.74 Å². The first-order chi connectivity index (χ1) is 11.1. The molecule has 1 saturated heterocycles. The van der Waals surface area contributed by atoms with Gasteiger partial charge in [0, 0.05) is 38.3 Å². The van der Waals surface area contributed by atoms with Gasteiger partial charge in [-0.1, -0.05) is 18.2 Å². The number of hydrogen-bond acceptors (Lipinski definition) is 6. The SMILES string of the molecule is CC1=C(N)NN(c2ccccc2)C1OCCN1CCN(C)CC1. The summed E-state index contributed by atoms with van der Waals surface area (Å²) >= 11 is 0. The summed E-state index contributed by atoms with van der Waals surface area (Å²) in [5, 5.41) is 1.99. The maximum Gasteiger partial charge on any atom is 0.174 e. The van der Waals surface area contributed by atoms with Crippen LogP contribution in [0.3, 0.4) is 0 Å². The van der Waals surface area contributed by atoms with E-state index in [1.54, 1.807) is 0 Å². The first-order valence-electron chi connectivity index (χ1n) is 8.25. The third kappa shape index (κ3) is 3.77. The highest BCUT2D eigenvalue weighted by atomic mass is 16.5. The number of hydrazine groups is 1. The summed E-state index contributed by atoms with van der Waals surface area (Å²) in [7, 11) is 2.17. The molecule has 1 aromatic rings. The highest BCUT2D eigenvalue weighted by molar-refractivity contribution is 5.50. The van der Waals surface area contributed by atoms with Crippen LogP contribution in [-0.2, 0) is 4.74 Å². The number of hydrogen-bond donors (Lipinski definition) is 2. The zero-order chi connectivity index (χ0) is 16.2. The summed E-state index contributed by atoms with van der Waals surface area (Å²) < 4.78 is 6.15. The Bertz CT molecular complexity index is 539. The van der Waals surface area contributed by atoms with Crippen LogP contribution in [0, 0.1) is 0 Å². The van der Waals surface area contributed by atoms with Crippen molar-refractivity contribution in [3.63, 3.8) is 0 Å². The lowest BCUT2D eigenvalue weighted by atomic mass is 10.2. The van der Waals surface area contributed by atoms with Crippen molar-refractivity contribution >= 4 is 5.69 Å². The molecule has 2 aliphatic heterocycles. The molecule has 6 heteroatoms. The van der Waals surface area contributed by atoms with Crippen LogP contribution < -0.4 is 16.2 Å². The number of piperazine rings is 1. The minimum absolute atomic E-state index is 0.148. The van der Waals surface area contributed by atoms with Gasteiger partial charge < -0.3 is 15.4 Å². The van der Waals surface area contributed by atoms with Gasteiger partial charge in [0.15, 0.2) is 6.23 Å². The van der Waals surface area contributed by atoms with Crippen molar-refractivity contribution in [3.05, 3.63) is 41.7 Å². The molecule has 1 unspecified atom stereocenters. The second-order valence-corrected chi connectivity index (χ2v) is 6.28. The molecule has 2 heterocycles. The number of ether oxygens (including phenoxy) is 1. The maximum absolute atomic E-state index is 6.15. The first-order valence-corrected chi connectivity index (χ1v) is 8.25. The summed E-state index contributed by atoms with van der Waals surface area (Å²) in [6.07, 6.45) is -0.148. The van der Waals surface area contributed by atoms with E-state index in [1.165, 1.54) is 0 Å². The standard InChI is InChI=1S/C17H27N5O/c1-14-16(18)19-22(15-6-4-3-5-7-15)17(14)23-13-12-21-10-8-20(2)9-11-21/h3-7,17,19H,8-13,18H2,1-2H3. The third-order valence-electron chi connectivity index (χ3n) is 4.58. The predicted octanol–water partition coefficient (Wildman–Crippen LogP) is 0.792. The molecule has 2 aliphatic rings. The number of benzene rings is 1. The lowest BCUT2D eigenvalue weighted by Gasteiger charge is -2.33. The molecule has 0 bridgehead atoms. The normalized spacial score (nSPS) is 23.4. The topological polar surface area (TPSA) is 57.0 Å². The number of nitrogens with one attached hydrogen (secondary N) is 1. The highest BCUT2D eigenvalue weighted by Crippen LogP contribution is 2.25. The fourth-order valence-electron chi connectivity index (χ4n) is 2.96. The van der Waals surface area contributed by atoms with E-state index in [1.807, 2.05) is 30.1 Å². The summed E-state index contributed by atoms with van der Waals surface area (Å²) in [6, 6.07) is 10.1. The lowest BCUT2D eigenvalue weighted by molar-refractivity contribution is 0.0469. The number of para-hydroxylation sites is 1. The molecule has 0 aromatic heterocycles. The molecule has 0 amide bonds. The van der Waals surface area contributed by atoms with Crippen LogP contribution in [0.5, 0.6) is 0 Å². The van der Waals surface area contributed by atoms with Gasteiger partial charge in [-0.2, -0.15) is 0 Å². The molecule has 0 saturated carbocycles. The lowest BCUT2D eigenvalue weighted by Crippen LogP contribution is -2.46. The Balaban J connectivity index is 1.56. The van der Waals surface area contributed by atoms with E-state index in [-0.39, 0.29) is 6.23 Å². The average molecular weight is 317 g/mol. The predicted molar refractivity (Wildman–Crippen MR) is 92.6 cm³/mol. The summed E-state index contributed by atoms with van der Waals surface area (Å²) in [5.41, 5.74) is 11.4. The minimum Gasteiger partial charge on any atom is -0.384 e. The Kier molecular flexibility index (Phi) is 5.05. The maximum atomic E-state index is 6.15. The quantitative estimate of drug-likeness (QED) is 0.837. The first kappa shape index (κ1) is 16.1. The summed E-state index contributed by atoms with van der Waals surface area (Å²) in [5.74, 6) is 0.679. The number of nitrogens with two attached hydrogens (primary N) is 1.